The first kappa shape index (κ1) is 14.2. The minimum Gasteiger partial charge on any atom is -0.317 e. The predicted molar refractivity (Wildman–Crippen MR) is 76.4 cm³/mol. The Morgan fingerprint density at radius 2 is 1.76 bits per heavy atom. The van der Waals surface area contributed by atoms with Gasteiger partial charge in [-0.25, -0.2) is 0 Å². The Morgan fingerprint density at radius 3 is 2.29 bits per heavy atom. The van der Waals surface area contributed by atoms with Gasteiger partial charge < -0.3 is 5.32 Å². The maximum Gasteiger partial charge on any atom is 0.00928 e. The van der Waals surface area contributed by atoms with E-state index >= 15 is 0 Å². The van der Waals surface area contributed by atoms with Gasteiger partial charge in [-0.05, 0) is 44.7 Å². The maximum atomic E-state index is 3.47. The molecule has 0 heterocycles. The lowest BCUT2D eigenvalue weighted by molar-refractivity contribution is 0.355. The Balaban J connectivity index is 2.44. The minimum absolute atomic E-state index is 0.649. The van der Waals surface area contributed by atoms with Gasteiger partial charge >= 0.3 is 0 Å². The van der Waals surface area contributed by atoms with E-state index in [9.17, 15) is 0 Å². The summed E-state index contributed by atoms with van der Waals surface area (Å²) >= 11 is 0. The third-order valence-electron chi connectivity index (χ3n) is 3.67. The van der Waals surface area contributed by atoms with Gasteiger partial charge in [0.1, 0.15) is 0 Å². The zero-order valence-electron chi connectivity index (χ0n) is 11.8. The monoisotopic (exact) mass is 233 g/mol. The molecule has 0 saturated heterocycles. The van der Waals surface area contributed by atoms with Gasteiger partial charge in [-0.15, -0.1) is 0 Å². The van der Waals surface area contributed by atoms with Crippen molar-refractivity contribution in [1.82, 2.24) is 5.32 Å². The highest BCUT2D eigenvalue weighted by molar-refractivity contribution is 5.21. The molecule has 0 aliphatic carbocycles. The van der Waals surface area contributed by atoms with Crippen LogP contribution in [0.4, 0.5) is 0 Å². The number of hydrogen-bond donors (Lipinski definition) is 1. The molecule has 1 aromatic carbocycles. The molecule has 0 saturated carbocycles. The largest absolute Gasteiger partial charge is 0.317 e. The summed E-state index contributed by atoms with van der Waals surface area (Å²) in [7, 11) is 2.09. The minimum atomic E-state index is 0.649. The van der Waals surface area contributed by atoms with E-state index in [0.717, 1.165) is 5.92 Å². The normalized spacial score (nSPS) is 14.6. The van der Waals surface area contributed by atoms with E-state index in [4.69, 9.17) is 0 Å². The first-order valence-corrected chi connectivity index (χ1v) is 6.90. The zero-order valence-corrected chi connectivity index (χ0v) is 11.8. The van der Waals surface area contributed by atoms with E-state index in [1.807, 2.05) is 0 Å². The van der Waals surface area contributed by atoms with Gasteiger partial charge in [0.2, 0.25) is 0 Å². The van der Waals surface area contributed by atoms with Gasteiger partial charge in [0, 0.05) is 6.04 Å². The zero-order chi connectivity index (χ0) is 12.7. The van der Waals surface area contributed by atoms with Crippen LogP contribution in [-0.2, 0) is 6.42 Å². The number of aryl methyl sites for hydroxylation is 2. The van der Waals surface area contributed by atoms with Crippen LogP contribution in [-0.4, -0.2) is 13.1 Å². The molecule has 1 N–H and O–H groups in total. The molecule has 0 aliphatic heterocycles. The Morgan fingerprint density at radius 1 is 1.12 bits per heavy atom. The molecule has 0 spiro atoms. The van der Waals surface area contributed by atoms with Crippen LogP contribution in [0.3, 0.4) is 0 Å². The molecule has 17 heavy (non-hydrogen) atoms. The molecule has 96 valence electrons. The Kier molecular flexibility index (Phi) is 6.28. The van der Waals surface area contributed by atoms with Gasteiger partial charge in [-0.3, -0.25) is 0 Å². The van der Waals surface area contributed by atoms with Crippen LogP contribution in [0.15, 0.2) is 24.3 Å². The van der Waals surface area contributed by atoms with Crippen LogP contribution in [0.2, 0.25) is 0 Å². The second-order valence-electron chi connectivity index (χ2n) is 5.19. The molecule has 0 bridgehead atoms. The van der Waals surface area contributed by atoms with Crippen molar-refractivity contribution in [3.63, 3.8) is 0 Å². The summed E-state index contributed by atoms with van der Waals surface area (Å²) in [5.74, 6) is 0.774. The molecule has 0 aromatic heterocycles. The lowest BCUT2D eigenvalue weighted by Crippen LogP contribution is -2.32. The van der Waals surface area contributed by atoms with Crippen molar-refractivity contribution in [2.75, 3.05) is 7.05 Å². The summed E-state index contributed by atoms with van der Waals surface area (Å²) in [6, 6.07) is 9.58. The summed E-state index contributed by atoms with van der Waals surface area (Å²) in [5, 5.41) is 3.47. The van der Waals surface area contributed by atoms with E-state index in [1.54, 1.807) is 0 Å². The quantitative estimate of drug-likeness (QED) is 0.752. The highest BCUT2D eigenvalue weighted by Crippen LogP contribution is 2.16. The molecule has 2 unspecified atom stereocenters. The number of rotatable bonds is 7. The molecule has 2 atom stereocenters. The lowest BCUT2D eigenvalue weighted by Gasteiger charge is -2.23. The van der Waals surface area contributed by atoms with E-state index in [1.165, 1.54) is 36.8 Å². The smallest absolute Gasteiger partial charge is 0.00928 e. The molecular formula is C16H27N. The average Bonchev–Trinajstić information content (AvgIpc) is 2.32. The van der Waals surface area contributed by atoms with Crippen LogP contribution in [0, 0.1) is 12.8 Å². The molecule has 1 aromatic rings. The highest BCUT2D eigenvalue weighted by atomic mass is 14.9. The molecule has 0 fully saturated rings. The molecule has 1 rings (SSSR count). The molecule has 0 radical (unpaired) electrons. The highest BCUT2D eigenvalue weighted by Gasteiger charge is 2.14. The topological polar surface area (TPSA) is 12.0 Å². The predicted octanol–water partition coefficient (Wildman–Crippen LogP) is 3.95. The van der Waals surface area contributed by atoms with Crippen molar-refractivity contribution < 1.29 is 0 Å². The molecule has 1 heteroatoms. The maximum absolute atomic E-state index is 3.47. The summed E-state index contributed by atoms with van der Waals surface area (Å²) in [5.41, 5.74) is 2.80. The fourth-order valence-corrected chi connectivity index (χ4v) is 2.45. The SMILES string of the molecule is CCCC(C)C(CCc1ccc(C)cc1)NC. The molecular weight excluding hydrogens is 206 g/mol. The van der Waals surface area contributed by atoms with Crippen LogP contribution < -0.4 is 5.32 Å². The van der Waals surface area contributed by atoms with Crippen molar-refractivity contribution in [3.8, 4) is 0 Å². The Bertz CT molecular complexity index is 302. The van der Waals surface area contributed by atoms with Gasteiger partial charge in [0.15, 0.2) is 0 Å². The average molecular weight is 233 g/mol. The van der Waals surface area contributed by atoms with Crippen molar-refractivity contribution in [2.45, 2.75) is 52.5 Å². The Hall–Kier alpha value is -0.820. The van der Waals surface area contributed by atoms with Crippen LogP contribution >= 0.6 is 0 Å². The van der Waals surface area contributed by atoms with Crippen LogP contribution in [0.1, 0.15) is 44.2 Å². The van der Waals surface area contributed by atoms with E-state index < -0.39 is 0 Å². The second kappa shape index (κ2) is 7.50. The van der Waals surface area contributed by atoms with Crippen molar-refractivity contribution in [3.05, 3.63) is 35.4 Å². The van der Waals surface area contributed by atoms with Gasteiger partial charge in [0.25, 0.3) is 0 Å². The fourth-order valence-electron chi connectivity index (χ4n) is 2.45. The molecule has 0 aliphatic rings. The van der Waals surface area contributed by atoms with E-state index in [0.29, 0.717) is 6.04 Å². The van der Waals surface area contributed by atoms with Gasteiger partial charge in [-0.2, -0.15) is 0 Å². The van der Waals surface area contributed by atoms with Crippen LogP contribution in [0.25, 0.3) is 0 Å². The molecule has 0 amide bonds. The van der Waals surface area contributed by atoms with Crippen molar-refractivity contribution in [1.29, 1.82) is 0 Å². The van der Waals surface area contributed by atoms with E-state index in [-0.39, 0.29) is 0 Å². The second-order valence-corrected chi connectivity index (χ2v) is 5.19. The van der Waals surface area contributed by atoms with Crippen molar-refractivity contribution in [2.24, 2.45) is 5.92 Å². The number of benzene rings is 1. The standard InChI is InChI=1S/C16H27N/c1-5-6-14(3)16(17-4)12-11-15-9-7-13(2)8-10-15/h7-10,14,16-17H,5-6,11-12H2,1-4H3. The third-order valence-corrected chi connectivity index (χ3v) is 3.67. The lowest BCUT2D eigenvalue weighted by atomic mass is 9.92. The first-order valence-electron chi connectivity index (χ1n) is 6.90. The summed E-state index contributed by atoms with van der Waals surface area (Å²) in [4.78, 5) is 0. The van der Waals surface area contributed by atoms with Crippen LogP contribution in [0.5, 0.6) is 0 Å². The van der Waals surface area contributed by atoms with E-state index in [2.05, 4.69) is 57.4 Å². The summed E-state index contributed by atoms with van der Waals surface area (Å²) in [6.07, 6.45) is 5.02. The number of hydrogen-bond acceptors (Lipinski definition) is 1. The number of nitrogens with one attached hydrogen (secondary N) is 1. The Labute approximate surface area is 107 Å². The van der Waals surface area contributed by atoms with Crippen molar-refractivity contribution >= 4 is 0 Å². The first-order chi connectivity index (χ1) is 8.17. The van der Waals surface area contributed by atoms with Gasteiger partial charge in [-0.1, -0.05) is 50.1 Å². The summed E-state index contributed by atoms with van der Waals surface area (Å²) < 4.78 is 0. The van der Waals surface area contributed by atoms with Gasteiger partial charge in [0.05, 0.1) is 0 Å². The fraction of sp³-hybridized carbons (Fsp3) is 0.625. The third kappa shape index (κ3) is 4.91. The molecule has 1 nitrogen and oxygen atoms in total. The summed E-state index contributed by atoms with van der Waals surface area (Å²) in [6.45, 7) is 6.77.